The van der Waals surface area contributed by atoms with E-state index in [0.29, 0.717) is 24.0 Å². The highest BCUT2D eigenvalue weighted by Crippen LogP contribution is 2.50. The monoisotopic (exact) mass is 441 g/mol. The van der Waals surface area contributed by atoms with Gasteiger partial charge in [-0.25, -0.2) is 0 Å². The maximum Gasteiger partial charge on any atom is 0.435 e. The molecule has 0 amide bonds. The predicted molar refractivity (Wildman–Crippen MR) is 105 cm³/mol. The first kappa shape index (κ1) is 20.2. The second kappa shape index (κ2) is 7.03. The van der Waals surface area contributed by atoms with Crippen LogP contribution in [0.5, 0.6) is 0 Å². The Morgan fingerprint density at radius 1 is 1.17 bits per heavy atom. The second-order valence-corrected chi connectivity index (χ2v) is 8.31. The highest BCUT2D eigenvalue weighted by molar-refractivity contribution is 6.34. The summed E-state index contributed by atoms with van der Waals surface area (Å²) in [5, 5.41) is 3.92. The van der Waals surface area contributed by atoms with Crippen molar-refractivity contribution in [3.05, 3.63) is 68.7 Å². The number of halogens is 5. The lowest BCUT2D eigenvalue weighted by Crippen LogP contribution is -2.42. The molecular weight excluding hydrogens is 426 g/mol. The van der Waals surface area contributed by atoms with Crippen molar-refractivity contribution in [3.8, 4) is 0 Å². The molecule has 152 valence electrons. The summed E-state index contributed by atoms with van der Waals surface area (Å²) in [5.41, 5.74) is -1.22. The van der Waals surface area contributed by atoms with E-state index in [1.807, 2.05) is 13.0 Å². The molecule has 0 saturated heterocycles. The fourth-order valence-electron chi connectivity index (χ4n) is 3.92. The van der Waals surface area contributed by atoms with E-state index in [0.717, 1.165) is 5.56 Å². The van der Waals surface area contributed by atoms with E-state index in [-0.39, 0.29) is 33.0 Å². The third-order valence-electron chi connectivity index (χ3n) is 5.52. The summed E-state index contributed by atoms with van der Waals surface area (Å²) in [4.78, 5) is 17.8. The quantitative estimate of drug-likeness (QED) is 0.545. The molecule has 8 heteroatoms. The van der Waals surface area contributed by atoms with Gasteiger partial charge in [0.15, 0.2) is 5.78 Å². The summed E-state index contributed by atoms with van der Waals surface area (Å²) in [6, 6.07) is 8.87. The van der Waals surface area contributed by atoms with E-state index in [4.69, 9.17) is 28.0 Å². The SMILES string of the molecule is CC1CCc2cccc(C3=NOC(c4cc(Cl)cc(Cl)c4)(C(F)(F)F)C3)c2C1=O. The number of aryl methyl sites for hydroxylation is 1. The van der Waals surface area contributed by atoms with Gasteiger partial charge in [-0.2, -0.15) is 13.2 Å². The van der Waals surface area contributed by atoms with Crippen LogP contribution in [0.15, 0.2) is 41.6 Å². The van der Waals surface area contributed by atoms with Crippen LogP contribution in [-0.4, -0.2) is 17.7 Å². The van der Waals surface area contributed by atoms with Crippen LogP contribution >= 0.6 is 23.2 Å². The van der Waals surface area contributed by atoms with Gasteiger partial charge in [0.25, 0.3) is 5.60 Å². The van der Waals surface area contributed by atoms with E-state index in [2.05, 4.69) is 5.16 Å². The standard InChI is InChI=1S/C21H16Cl2F3NO2/c1-11-5-6-12-3-2-4-16(18(12)19(11)28)17-10-20(29-27-17,21(24,25)26)13-7-14(22)9-15(23)8-13/h2-4,7-9,11H,5-6,10H2,1H3. The van der Waals surface area contributed by atoms with Gasteiger partial charge in [0.1, 0.15) is 0 Å². The molecule has 1 aliphatic heterocycles. The summed E-state index contributed by atoms with van der Waals surface area (Å²) < 4.78 is 42.5. The Balaban J connectivity index is 1.80. The van der Waals surface area contributed by atoms with Crippen LogP contribution in [0.3, 0.4) is 0 Å². The number of nitrogens with zero attached hydrogens (tertiary/aromatic N) is 1. The average molecular weight is 442 g/mol. The zero-order valence-electron chi connectivity index (χ0n) is 15.3. The van der Waals surface area contributed by atoms with Crippen molar-refractivity contribution in [1.82, 2.24) is 0 Å². The van der Waals surface area contributed by atoms with Crippen molar-refractivity contribution in [2.45, 2.75) is 38.0 Å². The minimum absolute atomic E-state index is 0.0641. The molecule has 29 heavy (non-hydrogen) atoms. The van der Waals surface area contributed by atoms with E-state index >= 15 is 0 Å². The van der Waals surface area contributed by atoms with Crippen molar-refractivity contribution in [1.29, 1.82) is 0 Å². The summed E-state index contributed by atoms with van der Waals surface area (Å²) in [7, 11) is 0. The highest BCUT2D eigenvalue weighted by atomic mass is 35.5. The normalized spacial score (nSPS) is 24.1. The number of carbonyl (C=O) groups excluding carboxylic acids is 1. The third kappa shape index (κ3) is 3.32. The molecule has 3 nitrogen and oxygen atoms in total. The van der Waals surface area contributed by atoms with Crippen LogP contribution < -0.4 is 0 Å². The first-order valence-electron chi connectivity index (χ1n) is 9.07. The summed E-state index contributed by atoms with van der Waals surface area (Å²) in [5.74, 6) is -0.273. The first-order valence-corrected chi connectivity index (χ1v) is 9.83. The highest BCUT2D eigenvalue weighted by Gasteiger charge is 2.62. The Hall–Kier alpha value is -2.05. The van der Waals surface area contributed by atoms with Crippen LogP contribution in [0.1, 0.15) is 46.8 Å². The third-order valence-corrected chi connectivity index (χ3v) is 5.95. The van der Waals surface area contributed by atoms with Gasteiger partial charge < -0.3 is 4.84 Å². The lowest BCUT2D eigenvalue weighted by atomic mass is 9.78. The molecule has 2 aromatic carbocycles. The van der Waals surface area contributed by atoms with Gasteiger partial charge in [-0.3, -0.25) is 4.79 Å². The fraction of sp³-hybridized carbons (Fsp3) is 0.333. The van der Waals surface area contributed by atoms with Crippen molar-refractivity contribution in [2.75, 3.05) is 0 Å². The Morgan fingerprint density at radius 2 is 1.86 bits per heavy atom. The van der Waals surface area contributed by atoms with E-state index < -0.39 is 18.2 Å². The summed E-state index contributed by atoms with van der Waals surface area (Å²) >= 11 is 11.9. The molecule has 0 fully saturated rings. The van der Waals surface area contributed by atoms with Gasteiger partial charge >= 0.3 is 6.18 Å². The number of benzene rings is 2. The molecule has 0 N–H and O–H groups in total. The molecule has 2 aromatic rings. The molecule has 2 aliphatic rings. The Kier molecular flexibility index (Phi) is 4.90. The van der Waals surface area contributed by atoms with Gasteiger partial charge in [-0.05, 0) is 36.6 Å². The number of rotatable bonds is 2. The number of oxime groups is 1. The molecule has 2 atom stereocenters. The zero-order chi connectivity index (χ0) is 21.0. The number of carbonyl (C=O) groups is 1. The maximum atomic E-state index is 14.2. The molecule has 1 heterocycles. The molecule has 0 saturated carbocycles. The second-order valence-electron chi connectivity index (χ2n) is 7.43. The number of hydrogen-bond acceptors (Lipinski definition) is 3. The van der Waals surface area contributed by atoms with Gasteiger partial charge in [-0.1, -0.05) is 53.5 Å². The minimum atomic E-state index is -4.78. The predicted octanol–water partition coefficient (Wildman–Crippen LogP) is 6.34. The zero-order valence-corrected chi connectivity index (χ0v) is 16.8. The number of alkyl halides is 3. The fourth-order valence-corrected chi connectivity index (χ4v) is 4.45. The van der Waals surface area contributed by atoms with Crippen LogP contribution in [0, 0.1) is 5.92 Å². The Morgan fingerprint density at radius 3 is 2.52 bits per heavy atom. The first-order chi connectivity index (χ1) is 13.6. The smallest absolute Gasteiger partial charge is 0.374 e. The Labute approximate surface area is 175 Å². The van der Waals surface area contributed by atoms with E-state index in [1.54, 1.807) is 12.1 Å². The minimum Gasteiger partial charge on any atom is -0.374 e. The van der Waals surface area contributed by atoms with Gasteiger partial charge in [0.2, 0.25) is 0 Å². The molecule has 2 unspecified atom stereocenters. The van der Waals surface area contributed by atoms with Crippen LogP contribution in [0.2, 0.25) is 10.0 Å². The average Bonchev–Trinajstić information content (AvgIpc) is 3.10. The van der Waals surface area contributed by atoms with Crippen molar-refractivity contribution < 1.29 is 22.8 Å². The molecule has 4 rings (SSSR count). The number of hydrogen-bond donors (Lipinski definition) is 0. The van der Waals surface area contributed by atoms with Crippen molar-refractivity contribution >= 4 is 34.7 Å². The lowest BCUT2D eigenvalue weighted by Gasteiger charge is -2.30. The van der Waals surface area contributed by atoms with Crippen LogP contribution in [0.4, 0.5) is 13.2 Å². The number of Topliss-reactive ketones (excluding diaryl/α,β-unsaturated/α-hetero) is 1. The van der Waals surface area contributed by atoms with E-state index in [1.165, 1.54) is 18.2 Å². The largest absolute Gasteiger partial charge is 0.435 e. The Bertz CT molecular complexity index is 1010. The summed E-state index contributed by atoms with van der Waals surface area (Å²) in [6.07, 6.45) is -3.95. The lowest BCUT2D eigenvalue weighted by molar-refractivity contribution is -0.275. The van der Waals surface area contributed by atoms with Gasteiger partial charge in [0.05, 0.1) is 5.71 Å². The van der Waals surface area contributed by atoms with Crippen molar-refractivity contribution in [2.24, 2.45) is 11.1 Å². The molecule has 0 spiro atoms. The van der Waals surface area contributed by atoms with Crippen molar-refractivity contribution in [3.63, 3.8) is 0 Å². The number of ketones is 1. The molecule has 0 bridgehead atoms. The topological polar surface area (TPSA) is 38.7 Å². The molecule has 1 aliphatic carbocycles. The molecule has 0 radical (unpaired) electrons. The van der Waals surface area contributed by atoms with E-state index in [9.17, 15) is 18.0 Å². The summed E-state index contributed by atoms with van der Waals surface area (Å²) in [6.45, 7) is 1.82. The van der Waals surface area contributed by atoms with Crippen LogP contribution in [-0.2, 0) is 16.9 Å². The number of fused-ring (bicyclic) bond motifs is 1. The maximum absolute atomic E-state index is 14.2. The van der Waals surface area contributed by atoms with Crippen LogP contribution in [0.25, 0.3) is 0 Å². The van der Waals surface area contributed by atoms with Gasteiger partial charge in [0, 0.05) is 39.1 Å². The molecule has 0 aromatic heterocycles. The van der Waals surface area contributed by atoms with Gasteiger partial charge in [-0.15, -0.1) is 0 Å². The molecular formula is C21H16Cl2F3NO2.